The number of benzene rings is 2. The van der Waals surface area contributed by atoms with Gasteiger partial charge in [-0.05, 0) is 62.1 Å². The van der Waals surface area contributed by atoms with Crippen molar-refractivity contribution >= 4 is 17.6 Å². The Kier molecular flexibility index (Phi) is 4.94. The SMILES string of the molecule is CCOC(=O)c1ccc2c(c1)CCCCN2C(=O)c1ccccc1. The Bertz CT molecular complexity index is 740. The summed E-state index contributed by atoms with van der Waals surface area (Å²) in [6.45, 7) is 2.84. The number of hydrogen-bond donors (Lipinski definition) is 0. The summed E-state index contributed by atoms with van der Waals surface area (Å²) in [7, 11) is 0. The Morgan fingerprint density at radius 3 is 2.58 bits per heavy atom. The van der Waals surface area contributed by atoms with Crippen LogP contribution in [-0.4, -0.2) is 25.0 Å². The van der Waals surface area contributed by atoms with Crippen molar-refractivity contribution in [3.8, 4) is 0 Å². The first-order valence-electron chi connectivity index (χ1n) is 8.37. The molecule has 0 radical (unpaired) electrons. The second-order valence-corrected chi connectivity index (χ2v) is 5.84. The highest BCUT2D eigenvalue weighted by Crippen LogP contribution is 2.29. The number of hydrogen-bond acceptors (Lipinski definition) is 3. The van der Waals surface area contributed by atoms with Gasteiger partial charge in [0.2, 0.25) is 0 Å². The maximum absolute atomic E-state index is 12.9. The van der Waals surface area contributed by atoms with Gasteiger partial charge in [0.15, 0.2) is 0 Å². The third-order valence-corrected chi connectivity index (χ3v) is 4.23. The van der Waals surface area contributed by atoms with Gasteiger partial charge in [0.1, 0.15) is 0 Å². The lowest BCUT2D eigenvalue weighted by Gasteiger charge is -2.23. The number of ether oxygens (including phenoxy) is 1. The lowest BCUT2D eigenvalue weighted by atomic mass is 10.0. The number of fused-ring (bicyclic) bond motifs is 1. The number of carbonyl (C=O) groups excluding carboxylic acids is 2. The third kappa shape index (κ3) is 3.32. The normalized spacial score (nSPS) is 13.8. The highest BCUT2D eigenvalue weighted by molar-refractivity contribution is 6.06. The number of nitrogens with zero attached hydrogens (tertiary/aromatic N) is 1. The van der Waals surface area contributed by atoms with E-state index in [0.717, 1.165) is 30.5 Å². The first kappa shape index (κ1) is 16.2. The van der Waals surface area contributed by atoms with E-state index in [1.807, 2.05) is 47.4 Å². The molecule has 24 heavy (non-hydrogen) atoms. The number of rotatable bonds is 3. The van der Waals surface area contributed by atoms with Crippen molar-refractivity contribution in [1.29, 1.82) is 0 Å². The van der Waals surface area contributed by atoms with Gasteiger partial charge >= 0.3 is 5.97 Å². The van der Waals surface area contributed by atoms with Gasteiger partial charge in [0.25, 0.3) is 5.91 Å². The summed E-state index contributed by atoms with van der Waals surface area (Å²) < 4.78 is 5.07. The fraction of sp³-hybridized carbons (Fsp3) is 0.300. The minimum atomic E-state index is -0.314. The second-order valence-electron chi connectivity index (χ2n) is 5.84. The smallest absolute Gasteiger partial charge is 0.338 e. The van der Waals surface area contributed by atoms with E-state index in [1.165, 1.54) is 0 Å². The molecule has 0 aliphatic carbocycles. The fourth-order valence-corrected chi connectivity index (χ4v) is 3.04. The fourth-order valence-electron chi connectivity index (χ4n) is 3.04. The number of esters is 1. The molecule has 2 aromatic rings. The predicted molar refractivity (Wildman–Crippen MR) is 93.5 cm³/mol. The molecule has 4 nitrogen and oxygen atoms in total. The zero-order valence-electron chi connectivity index (χ0n) is 13.8. The molecule has 1 heterocycles. The van der Waals surface area contributed by atoms with Gasteiger partial charge < -0.3 is 9.64 Å². The molecule has 0 spiro atoms. The summed E-state index contributed by atoms with van der Waals surface area (Å²) in [4.78, 5) is 26.6. The van der Waals surface area contributed by atoms with Crippen LogP contribution in [0.3, 0.4) is 0 Å². The van der Waals surface area contributed by atoms with Crippen molar-refractivity contribution in [3.63, 3.8) is 0 Å². The molecular formula is C20H21NO3. The summed E-state index contributed by atoms with van der Waals surface area (Å²) >= 11 is 0. The van der Waals surface area contributed by atoms with Gasteiger partial charge in [0, 0.05) is 17.8 Å². The van der Waals surface area contributed by atoms with E-state index in [1.54, 1.807) is 13.0 Å². The number of carbonyl (C=O) groups is 2. The molecule has 4 heteroatoms. The highest BCUT2D eigenvalue weighted by Gasteiger charge is 2.23. The molecule has 0 unspecified atom stereocenters. The zero-order valence-corrected chi connectivity index (χ0v) is 13.8. The number of aryl methyl sites for hydroxylation is 1. The molecule has 0 atom stereocenters. The van der Waals surface area contributed by atoms with Crippen LogP contribution >= 0.6 is 0 Å². The van der Waals surface area contributed by atoms with Gasteiger partial charge in [-0.15, -0.1) is 0 Å². The summed E-state index contributed by atoms with van der Waals surface area (Å²) in [5, 5.41) is 0. The largest absolute Gasteiger partial charge is 0.462 e. The molecule has 3 rings (SSSR count). The van der Waals surface area contributed by atoms with E-state index < -0.39 is 0 Å². The predicted octanol–water partition coefficient (Wildman–Crippen LogP) is 3.85. The summed E-state index contributed by atoms with van der Waals surface area (Å²) in [5.41, 5.74) is 3.15. The standard InChI is InChI=1S/C20H21NO3/c1-2-24-20(23)17-11-12-18-16(14-17)10-6-7-13-21(18)19(22)15-8-4-3-5-9-15/h3-5,8-9,11-12,14H,2,6-7,10,13H2,1H3. The Balaban J connectivity index is 1.94. The van der Waals surface area contributed by atoms with Gasteiger partial charge in [-0.3, -0.25) is 4.79 Å². The van der Waals surface area contributed by atoms with E-state index in [4.69, 9.17) is 4.74 Å². The van der Waals surface area contributed by atoms with Crippen LogP contribution < -0.4 is 4.90 Å². The summed E-state index contributed by atoms with van der Waals surface area (Å²) in [6, 6.07) is 14.8. The number of anilines is 1. The quantitative estimate of drug-likeness (QED) is 0.806. The summed E-state index contributed by atoms with van der Waals surface area (Å²) in [6.07, 6.45) is 2.81. The Morgan fingerprint density at radius 2 is 1.83 bits per heavy atom. The van der Waals surface area contributed by atoms with E-state index in [0.29, 0.717) is 24.3 Å². The van der Waals surface area contributed by atoms with Crippen LogP contribution in [0.2, 0.25) is 0 Å². The average Bonchev–Trinajstić information content (AvgIpc) is 2.84. The zero-order chi connectivity index (χ0) is 16.9. The second kappa shape index (κ2) is 7.30. The van der Waals surface area contributed by atoms with Crippen LogP contribution in [0.1, 0.15) is 46.0 Å². The highest BCUT2D eigenvalue weighted by atomic mass is 16.5. The average molecular weight is 323 g/mol. The molecule has 1 amide bonds. The Morgan fingerprint density at radius 1 is 1.04 bits per heavy atom. The molecule has 1 aliphatic rings. The van der Waals surface area contributed by atoms with Gasteiger partial charge in [-0.2, -0.15) is 0 Å². The maximum atomic E-state index is 12.9. The van der Waals surface area contributed by atoms with Crippen LogP contribution in [0.4, 0.5) is 5.69 Å². The van der Waals surface area contributed by atoms with Crippen LogP contribution in [-0.2, 0) is 11.2 Å². The molecule has 0 bridgehead atoms. The molecule has 0 saturated heterocycles. The first-order chi connectivity index (χ1) is 11.7. The summed E-state index contributed by atoms with van der Waals surface area (Å²) in [5.74, 6) is -0.312. The van der Waals surface area contributed by atoms with Crippen molar-refractivity contribution in [3.05, 3.63) is 65.2 Å². The molecule has 0 saturated carbocycles. The molecule has 0 fully saturated rings. The lowest BCUT2D eigenvalue weighted by molar-refractivity contribution is 0.0526. The van der Waals surface area contributed by atoms with Crippen LogP contribution in [0.5, 0.6) is 0 Å². The molecule has 0 N–H and O–H groups in total. The van der Waals surface area contributed by atoms with Crippen LogP contribution in [0.15, 0.2) is 48.5 Å². The minimum absolute atomic E-state index is 0.00244. The third-order valence-electron chi connectivity index (χ3n) is 4.23. The lowest BCUT2D eigenvalue weighted by Crippen LogP contribution is -2.31. The monoisotopic (exact) mass is 323 g/mol. The van der Waals surface area contributed by atoms with E-state index in [-0.39, 0.29) is 11.9 Å². The van der Waals surface area contributed by atoms with Gasteiger partial charge in [-0.1, -0.05) is 18.2 Å². The van der Waals surface area contributed by atoms with Crippen molar-refractivity contribution in [2.75, 3.05) is 18.1 Å². The van der Waals surface area contributed by atoms with Gasteiger partial charge in [-0.25, -0.2) is 4.79 Å². The topological polar surface area (TPSA) is 46.6 Å². The van der Waals surface area contributed by atoms with Crippen molar-refractivity contribution in [2.24, 2.45) is 0 Å². The van der Waals surface area contributed by atoms with E-state index >= 15 is 0 Å². The Hall–Kier alpha value is -2.62. The van der Waals surface area contributed by atoms with Crippen LogP contribution in [0, 0.1) is 0 Å². The maximum Gasteiger partial charge on any atom is 0.338 e. The minimum Gasteiger partial charge on any atom is -0.462 e. The Labute approximate surface area is 142 Å². The first-order valence-corrected chi connectivity index (χ1v) is 8.37. The molecule has 124 valence electrons. The van der Waals surface area contributed by atoms with Gasteiger partial charge in [0.05, 0.1) is 12.2 Å². The van der Waals surface area contributed by atoms with Crippen molar-refractivity contribution < 1.29 is 14.3 Å². The van der Waals surface area contributed by atoms with E-state index in [2.05, 4.69) is 0 Å². The molecule has 2 aromatic carbocycles. The number of amides is 1. The van der Waals surface area contributed by atoms with E-state index in [9.17, 15) is 9.59 Å². The molecule has 0 aromatic heterocycles. The molecular weight excluding hydrogens is 302 g/mol. The van der Waals surface area contributed by atoms with Crippen LogP contribution in [0.25, 0.3) is 0 Å². The van der Waals surface area contributed by atoms with Crippen molar-refractivity contribution in [1.82, 2.24) is 0 Å². The molecule has 1 aliphatic heterocycles. The van der Waals surface area contributed by atoms with Crippen molar-refractivity contribution in [2.45, 2.75) is 26.2 Å².